The van der Waals surface area contributed by atoms with Gasteiger partial charge < -0.3 is 5.11 Å². The quantitative estimate of drug-likeness (QED) is 0.795. The molecule has 0 saturated heterocycles. The van der Waals surface area contributed by atoms with Crippen LogP contribution < -0.4 is 0 Å². The molecule has 14 heavy (non-hydrogen) atoms. The second-order valence-electron chi connectivity index (χ2n) is 3.64. The Morgan fingerprint density at radius 1 is 1.36 bits per heavy atom. The van der Waals surface area contributed by atoms with Gasteiger partial charge in [-0.25, -0.2) is 8.78 Å². The number of hydrogen-bond donors (Lipinski definition) is 1. The highest BCUT2D eigenvalue weighted by Crippen LogP contribution is 2.35. The molecule has 0 heterocycles. The van der Waals surface area contributed by atoms with Crippen molar-refractivity contribution in [3.05, 3.63) is 35.4 Å². The lowest BCUT2D eigenvalue weighted by Crippen LogP contribution is -2.20. The van der Waals surface area contributed by atoms with Gasteiger partial charge in [-0.15, -0.1) is 0 Å². The Balaban J connectivity index is 3.06. The van der Waals surface area contributed by atoms with Gasteiger partial charge in [-0.3, -0.25) is 0 Å². The predicted octanol–water partition coefficient (Wildman–Crippen LogP) is 2.93. The van der Waals surface area contributed by atoms with E-state index in [1.807, 2.05) is 0 Å². The van der Waals surface area contributed by atoms with E-state index in [0.29, 0.717) is 5.56 Å². The maximum atomic E-state index is 13.5. The van der Waals surface area contributed by atoms with E-state index in [-0.39, 0.29) is 12.2 Å². The van der Waals surface area contributed by atoms with E-state index in [4.69, 9.17) is 5.11 Å². The van der Waals surface area contributed by atoms with Gasteiger partial charge in [0.05, 0.1) is 6.61 Å². The minimum Gasteiger partial charge on any atom is -0.392 e. The molecule has 1 aromatic rings. The molecule has 1 nitrogen and oxygen atoms in total. The van der Waals surface area contributed by atoms with Crippen LogP contribution in [0.25, 0.3) is 0 Å². The van der Waals surface area contributed by atoms with Crippen LogP contribution in [0.15, 0.2) is 24.3 Å². The zero-order valence-corrected chi connectivity index (χ0v) is 8.30. The van der Waals surface area contributed by atoms with Gasteiger partial charge in [-0.05, 0) is 11.6 Å². The Hall–Kier alpha value is -0.960. The van der Waals surface area contributed by atoms with Gasteiger partial charge in [0.2, 0.25) is 0 Å². The molecule has 0 bridgehead atoms. The van der Waals surface area contributed by atoms with Gasteiger partial charge in [0, 0.05) is 11.5 Å². The number of halogens is 2. The summed E-state index contributed by atoms with van der Waals surface area (Å²) in [7, 11) is 0. The van der Waals surface area contributed by atoms with Crippen LogP contribution in [0.3, 0.4) is 0 Å². The van der Waals surface area contributed by atoms with Crippen LogP contribution in [0.2, 0.25) is 0 Å². The van der Waals surface area contributed by atoms with Crippen LogP contribution in [0.4, 0.5) is 8.78 Å². The van der Waals surface area contributed by atoms with Crippen molar-refractivity contribution in [2.45, 2.75) is 26.4 Å². The summed E-state index contributed by atoms with van der Waals surface area (Å²) in [5.41, 5.74) is 0.488. The van der Waals surface area contributed by atoms with Crippen molar-refractivity contribution in [3.8, 4) is 0 Å². The number of aliphatic hydroxyl groups excluding tert-OH is 1. The zero-order valence-electron chi connectivity index (χ0n) is 8.30. The fourth-order valence-electron chi connectivity index (χ4n) is 1.21. The summed E-state index contributed by atoms with van der Waals surface area (Å²) < 4.78 is 27.0. The van der Waals surface area contributed by atoms with Crippen molar-refractivity contribution in [1.82, 2.24) is 0 Å². The molecule has 1 N–H and O–H groups in total. The van der Waals surface area contributed by atoms with E-state index < -0.39 is 11.8 Å². The molecule has 0 amide bonds. The Kier molecular flexibility index (Phi) is 3.21. The van der Waals surface area contributed by atoms with Gasteiger partial charge in [-0.1, -0.05) is 32.0 Å². The Bertz CT molecular complexity index is 308. The van der Waals surface area contributed by atoms with Crippen molar-refractivity contribution in [2.24, 2.45) is 5.92 Å². The molecule has 0 unspecified atom stereocenters. The summed E-state index contributed by atoms with van der Waals surface area (Å²) in [6.45, 7) is 2.75. The lowest BCUT2D eigenvalue weighted by molar-refractivity contribution is -0.0514. The minimum atomic E-state index is -2.83. The van der Waals surface area contributed by atoms with Crippen molar-refractivity contribution >= 4 is 0 Å². The van der Waals surface area contributed by atoms with E-state index in [9.17, 15) is 8.78 Å². The molecule has 0 atom stereocenters. The number of hydrogen-bond acceptors (Lipinski definition) is 1. The maximum absolute atomic E-state index is 13.5. The summed E-state index contributed by atoms with van der Waals surface area (Å²) in [6, 6.07) is 5.90. The van der Waals surface area contributed by atoms with Crippen molar-refractivity contribution in [2.75, 3.05) is 0 Å². The summed E-state index contributed by atoms with van der Waals surface area (Å²) in [4.78, 5) is 0. The van der Waals surface area contributed by atoms with E-state index in [1.54, 1.807) is 6.07 Å². The highest BCUT2D eigenvalue weighted by molar-refractivity contribution is 5.26. The Labute approximate surface area is 82.4 Å². The lowest BCUT2D eigenvalue weighted by atomic mass is 9.96. The molecular weight excluding hydrogens is 186 g/mol. The number of rotatable bonds is 3. The fraction of sp³-hybridized carbons (Fsp3) is 0.455. The molecule has 1 aromatic carbocycles. The topological polar surface area (TPSA) is 20.2 Å². The molecule has 0 fully saturated rings. The monoisotopic (exact) mass is 200 g/mol. The number of aliphatic hydroxyl groups is 1. The predicted molar refractivity (Wildman–Crippen MR) is 51.1 cm³/mol. The molecule has 78 valence electrons. The van der Waals surface area contributed by atoms with Crippen LogP contribution in [-0.4, -0.2) is 5.11 Å². The van der Waals surface area contributed by atoms with Gasteiger partial charge in [0.25, 0.3) is 5.92 Å². The van der Waals surface area contributed by atoms with Crippen molar-refractivity contribution in [3.63, 3.8) is 0 Å². The SMILES string of the molecule is CC(C)C(F)(F)c1cccc(CO)c1. The first-order valence-electron chi connectivity index (χ1n) is 4.56. The molecule has 0 saturated carbocycles. The molecule has 0 aromatic heterocycles. The smallest absolute Gasteiger partial charge is 0.275 e. The summed E-state index contributed by atoms with van der Waals surface area (Å²) >= 11 is 0. The largest absolute Gasteiger partial charge is 0.392 e. The van der Waals surface area contributed by atoms with Crippen LogP contribution in [0.1, 0.15) is 25.0 Å². The zero-order chi connectivity index (χ0) is 10.8. The van der Waals surface area contributed by atoms with Gasteiger partial charge in [-0.2, -0.15) is 0 Å². The summed E-state index contributed by atoms with van der Waals surface area (Å²) in [5, 5.41) is 8.82. The van der Waals surface area contributed by atoms with Crippen LogP contribution in [0.5, 0.6) is 0 Å². The first-order chi connectivity index (χ1) is 6.48. The van der Waals surface area contributed by atoms with Gasteiger partial charge in [0.1, 0.15) is 0 Å². The molecule has 0 radical (unpaired) electrons. The van der Waals surface area contributed by atoms with E-state index in [2.05, 4.69) is 0 Å². The normalized spacial score (nSPS) is 12.1. The standard InChI is InChI=1S/C11H14F2O/c1-8(2)11(12,13)10-5-3-4-9(6-10)7-14/h3-6,8,14H,7H2,1-2H3. The molecule has 1 rings (SSSR count). The van der Waals surface area contributed by atoms with Crippen LogP contribution >= 0.6 is 0 Å². The van der Waals surface area contributed by atoms with E-state index in [0.717, 1.165) is 0 Å². The molecule has 3 heteroatoms. The third-order valence-corrected chi connectivity index (χ3v) is 2.22. The first-order valence-corrected chi connectivity index (χ1v) is 4.56. The third-order valence-electron chi connectivity index (χ3n) is 2.22. The second-order valence-corrected chi connectivity index (χ2v) is 3.64. The highest BCUT2D eigenvalue weighted by atomic mass is 19.3. The highest BCUT2D eigenvalue weighted by Gasteiger charge is 2.35. The minimum absolute atomic E-state index is 0.0287. The molecular formula is C11H14F2O. The average molecular weight is 200 g/mol. The molecule has 0 aliphatic heterocycles. The van der Waals surface area contributed by atoms with Gasteiger partial charge in [0.15, 0.2) is 0 Å². The van der Waals surface area contributed by atoms with Crippen molar-refractivity contribution in [1.29, 1.82) is 0 Å². The number of alkyl halides is 2. The van der Waals surface area contributed by atoms with Crippen LogP contribution in [0, 0.1) is 5.92 Å². The second kappa shape index (κ2) is 4.05. The molecule has 0 aliphatic carbocycles. The molecule has 0 aliphatic rings. The maximum Gasteiger partial charge on any atom is 0.275 e. The van der Waals surface area contributed by atoms with E-state index in [1.165, 1.54) is 32.0 Å². The fourth-order valence-corrected chi connectivity index (χ4v) is 1.21. The summed E-state index contributed by atoms with van der Waals surface area (Å²) in [6.07, 6.45) is 0. The van der Waals surface area contributed by atoms with Crippen molar-refractivity contribution < 1.29 is 13.9 Å². The van der Waals surface area contributed by atoms with E-state index >= 15 is 0 Å². The first kappa shape index (κ1) is 11.1. The Morgan fingerprint density at radius 2 is 2.00 bits per heavy atom. The number of benzene rings is 1. The lowest BCUT2D eigenvalue weighted by Gasteiger charge is -2.21. The Morgan fingerprint density at radius 3 is 2.50 bits per heavy atom. The third kappa shape index (κ3) is 2.10. The van der Waals surface area contributed by atoms with Crippen LogP contribution in [-0.2, 0) is 12.5 Å². The summed E-state index contributed by atoms with van der Waals surface area (Å²) in [5.74, 6) is -3.57. The molecule has 0 spiro atoms. The van der Waals surface area contributed by atoms with Gasteiger partial charge >= 0.3 is 0 Å². The average Bonchev–Trinajstić information content (AvgIpc) is 2.17.